The molecule has 2 N–H and O–H groups in total. The van der Waals surface area contributed by atoms with Crippen molar-refractivity contribution in [3.05, 3.63) is 71.8 Å². The summed E-state index contributed by atoms with van der Waals surface area (Å²) in [7, 11) is 1.54. The molecule has 1 aromatic heterocycles. The average Bonchev–Trinajstić information content (AvgIpc) is 3.15. The largest absolute Gasteiger partial charge is 0.496 e. The number of nitrogens with zero attached hydrogens (tertiary/aromatic N) is 1. The van der Waals surface area contributed by atoms with Crippen LogP contribution in [0.3, 0.4) is 0 Å². The molecule has 6 heteroatoms. The van der Waals surface area contributed by atoms with Crippen LogP contribution in [-0.4, -0.2) is 23.2 Å². The highest BCUT2D eigenvalue weighted by molar-refractivity contribution is 5.95. The van der Waals surface area contributed by atoms with Crippen molar-refractivity contribution < 1.29 is 13.9 Å². The van der Waals surface area contributed by atoms with Crippen LogP contribution in [0.1, 0.15) is 28.9 Å². The van der Waals surface area contributed by atoms with E-state index >= 15 is 0 Å². The van der Waals surface area contributed by atoms with Crippen LogP contribution in [0.5, 0.6) is 5.75 Å². The standard InChI is InChI=1S/C19H18FN3O2/c1-12(15-5-3-4-6-17(15)20)23-19(24)13-7-8-16(18(9-13)25-2)14-10-21-22-11-14/h3-12H,1-2H3,(H,21,22)(H,23,24). The summed E-state index contributed by atoms with van der Waals surface area (Å²) in [4.78, 5) is 12.5. The van der Waals surface area contributed by atoms with Crippen molar-refractivity contribution in [2.75, 3.05) is 7.11 Å². The van der Waals surface area contributed by atoms with Gasteiger partial charge in [-0.05, 0) is 31.2 Å². The molecule has 0 saturated heterocycles. The molecule has 0 aliphatic carbocycles. The Hall–Kier alpha value is -3.15. The maximum Gasteiger partial charge on any atom is 0.251 e. The molecule has 0 saturated carbocycles. The van der Waals surface area contributed by atoms with Crippen molar-refractivity contribution in [3.8, 4) is 16.9 Å². The fourth-order valence-corrected chi connectivity index (χ4v) is 2.65. The molecule has 1 atom stereocenters. The van der Waals surface area contributed by atoms with Gasteiger partial charge in [-0.1, -0.05) is 18.2 Å². The highest BCUT2D eigenvalue weighted by Crippen LogP contribution is 2.30. The first-order valence-electron chi connectivity index (χ1n) is 7.82. The van der Waals surface area contributed by atoms with Crippen molar-refractivity contribution in [2.45, 2.75) is 13.0 Å². The number of halogens is 1. The molecular formula is C19H18FN3O2. The van der Waals surface area contributed by atoms with Gasteiger partial charge in [-0.15, -0.1) is 0 Å². The maximum absolute atomic E-state index is 13.8. The molecule has 0 radical (unpaired) electrons. The summed E-state index contributed by atoms with van der Waals surface area (Å²) in [5, 5.41) is 9.47. The highest BCUT2D eigenvalue weighted by atomic mass is 19.1. The van der Waals surface area contributed by atoms with Crippen LogP contribution < -0.4 is 10.1 Å². The third-order valence-corrected chi connectivity index (χ3v) is 3.99. The smallest absolute Gasteiger partial charge is 0.251 e. The van der Waals surface area contributed by atoms with E-state index in [1.54, 1.807) is 62.8 Å². The van der Waals surface area contributed by atoms with Gasteiger partial charge in [-0.25, -0.2) is 4.39 Å². The van der Waals surface area contributed by atoms with E-state index < -0.39 is 6.04 Å². The zero-order chi connectivity index (χ0) is 17.8. The average molecular weight is 339 g/mol. The lowest BCUT2D eigenvalue weighted by Gasteiger charge is -2.16. The van der Waals surface area contributed by atoms with E-state index in [2.05, 4.69) is 15.5 Å². The van der Waals surface area contributed by atoms with E-state index in [0.717, 1.165) is 11.1 Å². The van der Waals surface area contributed by atoms with Gasteiger partial charge in [0, 0.05) is 28.5 Å². The van der Waals surface area contributed by atoms with Crippen LogP contribution in [0.15, 0.2) is 54.9 Å². The molecule has 3 rings (SSSR count). The quantitative estimate of drug-likeness (QED) is 0.744. The number of nitrogens with one attached hydrogen (secondary N) is 2. The van der Waals surface area contributed by atoms with Crippen molar-refractivity contribution >= 4 is 5.91 Å². The third-order valence-electron chi connectivity index (χ3n) is 3.99. The van der Waals surface area contributed by atoms with Gasteiger partial charge in [0.2, 0.25) is 0 Å². The van der Waals surface area contributed by atoms with Gasteiger partial charge >= 0.3 is 0 Å². The topological polar surface area (TPSA) is 67.0 Å². The summed E-state index contributed by atoms with van der Waals surface area (Å²) in [5.74, 6) is -0.0800. The molecule has 0 aliphatic heterocycles. The second-order valence-electron chi connectivity index (χ2n) is 5.62. The minimum Gasteiger partial charge on any atom is -0.496 e. The first-order valence-corrected chi connectivity index (χ1v) is 7.82. The Kier molecular flexibility index (Phi) is 4.79. The number of aromatic nitrogens is 2. The SMILES string of the molecule is COc1cc(C(=O)NC(C)c2ccccc2F)ccc1-c1cn[nH]c1. The molecular weight excluding hydrogens is 321 g/mol. The summed E-state index contributed by atoms with van der Waals surface area (Å²) in [6.45, 7) is 1.74. The third kappa shape index (κ3) is 3.52. The molecule has 0 spiro atoms. The predicted molar refractivity (Wildman–Crippen MR) is 92.9 cm³/mol. The van der Waals surface area contributed by atoms with Crippen LogP contribution in [0.4, 0.5) is 4.39 Å². The number of amides is 1. The monoisotopic (exact) mass is 339 g/mol. The minimum absolute atomic E-state index is 0.298. The molecule has 5 nitrogen and oxygen atoms in total. The van der Waals surface area contributed by atoms with Crippen LogP contribution in [0.25, 0.3) is 11.1 Å². The Labute approximate surface area is 144 Å². The van der Waals surface area contributed by atoms with E-state index in [0.29, 0.717) is 16.9 Å². The Balaban J connectivity index is 1.82. The first-order chi connectivity index (χ1) is 12.1. The predicted octanol–water partition coefficient (Wildman–Crippen LogP) is 3.72. The number of hydrogen-bond acceptors (Lipinski definition) is 3. The van der Waals surface area contributed by atoms with Gasteiger partial charge < -0.3 is 10.1 Å². The van der Waals surface area contributed by atoms with E-state index in [1.807, 2.05) is 0 Å². The second kappa shape index (κ2) is 7.17. The molecule has 0 fully saturated rings. The van der Waals surface area contributed by atoms with Gasteiger partial charge in [0.1, 0.15) is 11.6 Å². The molecule has 1 amide bonds. The van der Waals surface area contributed by atoms with Crippen molar-refractivity contribution in [1.29, 1.82) is 0 Å². The Morgan fingerprint density at radius 2 is 2.08 bits per heavy atom. The van der Waals surface area contributed by atoms with Gasteiger partial charge in [0.25, 0.3) is 5.91 Å². The van der Waals surface area contributed by atoms with Gasteiger partial charge in [0.05, 0.1) is 19.3 Å². The number of ether oxygens (including phenoxy) is 1. The molecule has 128 valence electrons. The van der Waals surface area contributed by atoms with Crippen LogP contribution in [0, 0.1) is 5.82 Å². The van der Waals surface area contributed by atoms with E-state index in [9.17, 15) is 9.18 Å². The first kappa shape index (κ1) is 16.7. The second-order valence-corrected chi connectivity index (χ2v) is 5.62. The van der Waals surface area contributed by atoms with Crippen LogP contribution >= 0.6 is 0 Å². The summed E-state index contributed by atoms with van der Waals surface area (Å²) in [6, 6.07) is 11.1. The number of carbonyl (C=O) groups is 1. The van der Waals surface area contributed by atoms with Gasteiger partial charge in [0.15, 0.2) is 0 Å². The summed E-state index contributed by atoms with van der Waals surface area (Å²) < 4.78 is 19.2. The zero-order valence-electron chi connectivity index (χ0n) is 13.9. The number of methoxy groups -OCH3 is 1. The number of carbonyl (C=O) groups excluding carboxylic acids is 1. The van der Waals surface area contributed by atoms with E-state index in [1.165, 1.54) is 6.07 Å². The van der Waals surface area contributed by atoms with Crippen LogP contribution in [0.2, 0.25) is 0 Å². The number of aromatic amines is 1. The van der Waals surface area contributed by atoms with Gasteiger partial charge in [-0.3, -0.25) is 9.89 Å². The number of rotatable bonds is 5. The van der Waals surface area contributed by atoms with E-state index in [-0.39, 0.29) is 11.7 Å². The molecule has 0 bridgehead atoms. The summed E-state index contributed by atoms with van der Waals surface area (Å²) in [5.41, 5.74) is 2.57. The van der Waals surface area contributed by atoms with Crippen molar-refractivity contribution in [1.82, 2.24) is 15.5 Å². The number of hydrogen-bond donors (Lipinski definition) is 2. The lowest BCUT2D eigenvalue weighted by molar-refractivity contribution is 0.0939. The lowest BCUT2D eigenvalue weighted by Crippen LogP contribution is -2.27. The number of benzene rings is 2. The Morgan fingerprint density at radius 3 is 2.76 bits per heavy atom. The summed E-state index contributed by atoms with van der Waals surface area (Å²) >= 11 is 0. The molecule has 1 heterocycles. The van der Waals surface area contributed by atoms with Gasteiger partial charge in [-0.2, -0.15) is 5.10 Å². The highest BCUT2D eigenvalue weighted by Gasteiger charge is 2.16. The number of H-pyrrole nitrogens is 1. The zero-order valence-corrected chi connectivity index (χ0v) is 13.9. The molecule has 3 aromatic rings. The lowest BCUT2D eigenvalue weighted by atomic mass is 10.0. The Morgan fingerprint density at radius 1 is 1.28 bits per heavy atom. The normalized spacial score (nSPS) is 11.8. The maximum atomic E-state index is 13.8. The molecule has 1 unspecified atom stereocenters. The minimum atomic E-state index is -0.451. The van der Waals surface area contributed by atoms with E-state index in [4.69, 9.17) is 4.74 Å². The fraction of sp³-hybridized carbons (Fsp3) is 0.158. The summed E-state index contributed by atoms with van der Waals surface area (Å²) in [6.07, 6.45) is 3.43. The van der Waals surface area contributed by atoms with Crippen molar-refractivity contribution in [3.63, 3.8) is 0 Å². The van der Waals surface area contributed by atoms with Crippen molar-refractivity contribution in [2.24, 2.45) is 0 Å². The molecule has 0 aliphatic rings. The molecule has 25 heavy (non-hydrogen) atoms. The fourth-order valence-electron chi connectivity index (χ4n) is 2.65. The van der Waals surface area contributed by atoms with Crippen LogP contribution in [-0.2, 0) is 0 Å². The Bertz CT molecular complexity index is 878. The molecule has 2 aromatic carbocycles.